The summed E-state index contributed by atoms with van der Waals surface area (Å²) in [6.45, 7) is 3.94. The lowest BCUT2D eigenvalue weighted by Crippen LogP contribution is -2.30. The minimum absolute atomic E-state index is 0.0723. The maximum absolute atomic E-state index is 12.5. The van der Waals surface area contributed by atoms with Crippen molar-refractivity contribution in [1.82, 2.24) is 10.2 Å². The number of nitrogens with one attached hydrogen (secondary N) is 1. The highest BCUT2D eigenvalue weighted by Gasteiger charge is 2.13. The van der Waals surface area contributed by atoms with Gasteiger partial charge in [0.15, 0.2) is 0 Å². The Labute approximate surface area is 167 Å². The van der Waals surface area contributed by atoms with E-state index in [1.165, 1.54) is 54.3 Å². The van der Waals surface area contributed by atoms with Crippen LogP contribution in [0.3, 0.4) is 0 Å². The van der Waals surface area contributed by atoms with Gasteiger partial charge in [-0.3, -0.25) is 9.69 Å². The first-order chi connectivity index (χ1) is 13.8. The van der Waals surface area contributed by atoms with E-state index >= 15 is 0 Å². The molecule has 0 aliphatic carbocycles. The first-order valence-corrected chi connectivity index (χ1v) is 10.3. The maximum atomic E-state index is 12.5. The van der Waals surface area contributed by atoms with Crippen LogP contribution in [0.25, 0.3) is 10.8 Å². The predicted molar refractivity (Wildman–Crippen MR) is 115 cm³/mol. The lowest BCUT2D eigenvalue weighted by Gasteiger charge is -2.27. The first kappa shape index (κ1) is 18.7. The summed E-state index contributed by atoms with van der Waals surface area (Å²) in [4.78, 5) is 15.0. The number of likely N-dealkylation sites (tertiary alicyclic amines) is 1. The Kier molecular flexibility index (Phi) is 6.03. The van der Waals surface area contributed by atoms with Crippen LogP contribution in [-0.2, 0) is 24.3 Å². The van der Waals surface area contributed by atoms with E-state index in [1.54, 1.807) is 0 Å². The highest BCUT2D eigenvalue weighted by molar-refractivity contribution is 5.85. The maximum Gasteiger partial charge on any atom is 0.224 e. The zero-order valence-corrected chi connectivity index (χ0v) is 16.4. The summed E-state index contributed by atoms with van der Waals surface area (Å²) in [5.74, 6) is 0.0723. The summed E-state index contributed by atoms with van der Waals surface area (Å²) in [7, 11) is 0. The van der Waals surface area contributed by atoms with E-state index < -0.39 is 0 Å². The number of carbonyl (C=O) groups excluding carboxylic acids is 1. The molecule has 0 radical (unpaired) electrons. The van der Waals surface area contributed by atoms with E-state index in [1.807, 2.05) is 18.2 Å². The first-order valence-electron chi connectivity index (χ1n) is 10.3. The second kappa shape index (κ2) is 9.03. The normalized spacial score (nSPS) is 14.9. The Balaban J connectivity index is 1.36. The Hall–Kier alpha value is -2.65. The van der Waals surface area contributed by atoms with Gasteiger partial charge in [-0.15, -0.1) is 0 Å². The number of carbonyl (C=O) groups is 1. The summed E-state index contributed by atoms with van der Waals surface area (Å²) in [5, 5.41) is 5.50. The average molecular weight is 373 g/mol. The third kappa shape index (κ3) is 4.79. The lowest BCUT2D eigenvalue weighted by atomic mass is 10.0. The van der Waals surface area contributed by atoms with Crippen LogP contribution in [-0.4, -0.2) is 23.9 Å². The summed E-state index contributed by atoms with van der Waals surface area (Å²) in [6.07, 6.45) is 4.36. The van der Waals surface area contributed by atoms with Crippen LogP contribution >= 0.6 is 0 Å². The van der Waals surface area contributed by atoms with Gasteiger partial charge in [-0.2, -0.15) is 0 Å². The Morgan fingerprint density at radius 2 is 1.54 bits per heavy atom. The van der Waals surface area contributed by atoms with Crippen LogP contribution in [0.4, 0.5) is 0 Å². The fraction of sp³-hybridized carbons (Fsp3) is 0.320. The highest BCUT2D eigenvalue weighted by Crippen LogP contribution is 2.17. The second-order valence-corrected chi connectivity index (χ2v) is 7.74. The van der Waals surface area contributed by atoms with Crippen molar-refractivity contribution in [1.29, 1.82) is 0 Å². The molecule has 0 atom stereocenters. The van der Waals surface area contributed by atoms with Crippen molar-refractivity contribution in [2.24, 2.45) is 0 Å². The van der Waals surface area contributed by atoms with E-state index in [0.717, 1.165) is 12.1 Å². The molecular weight excluding hydrogens is 344 g/mol. The number of fused-ring (bicyclic) bond motifs is 1. The zero-order chi connectivity index (χ0) is 19.2. The Bertz CT molecular complexity index is 944. The van der Waals surface area contributed by atoms with E-state index in [9.17, 15) is 4.79 Å². The zero-order valence-electron chi connectivity index (χ0n) is 16.4. The summed E-state index contributed by atoms with van der Waals surface area (Å²) < 4.78 is 0. The summed E-state index contributed by atoms with van der Waals surface area (Å²) >= 11 is 0. The molecule has 144 valence electrons. The molecule has 4 rings (SSSR count). The molecule has 3 aromatic carbocycles. The van der Waals surface area contributed by atoms with Crippen molar-refractivity contribution >= 4 is 16.7 Å². The molecule has 0 bridgehead atoms. The summed E-state index contributed by atoms with van der Waals surface area (Å²) in [6, 6.07) is 23.0. The monoisotopic (exact) mass is 372 g/mol. The third-order valence-electron chi connectivity index (χ3n) is 5.62. The molecule has 1 heterocycles. The lowest BCUT2D eigenvalue weighted by molar-refractivity contribution is -0.120. The number of amides is 1. The molecule has 1 aliphatic rings. The quantitative estimate of drug-likeness (QED) is 0.681. The molecule has 1 aliphatic heterocycles. The van der Waals surface area contributed by atoms with Crippen molar-refractivity contribution in [2.45, 2.75) is 38.8 Å². The fourth-order valence-electron chi connectivity index (χ4n) is 4.03. The van der Waals surface area contributed by atoms with Gasteiger partial charge in [0, 0.05) is 13.1 Å². The fourth-order valence-corrected chi connectivity index (χ4v) is 4.03. The van der Waals surface area contributed by atoms with Gasteiger partial charge < -0.3 is 5.32 Å². The van der Waals surface area contributed by atoms with E-state index in [4.69, 9.17) is 0 Å². The number of rotatable bonds is 6. The van der Waals surface area contributed by atoms with E-state index in [-0.39, 0.29) is 5.91 Å². The molecule has 0 aromatic heterocycles. The van der Waals surface area contributed by atoms with Crippen molar-refractivity contribution in [3.05, 3.63) is 83.4 Å². The average Bonchev–Trinajstić information content (AvgIpc) is 2.74. The molecule has 1 amide bonds. The van der Waals surface area contributed by atoms with Crippen molar-refractivity contribution < 1.29 is 4.79 Å². The number of hydrogen-bond donors (Lipinski definition) is 1. The van der Waals surface area contributed by atoms with Gasteiger partial charge in [0.2, 0.25) is 5.91 Å². The van der Waals surface area contributed by atoms with Crippen molar-refractivity contribution in [2.75, 3.05) is 13.1 Å². The standard InChI is InChI=1S/C25H28N2O/c28-25(17-20-12-13-21-8-2-3-9-22(21)16-20)26-18-23-10-4-5-11-24(23)19-27-14-6-1-7-15-27/h2-5,8-13,16H,1,6-7,14-15,17-19H2,(H,26,28). The minimum Gasteiger partial charge on any atom is -0.352 e. The van der Waals surface area contributed by atoms with Crippen LogP contribution in [0.15, 0.2) is 66.7 Å². The topological polar surface area (TPSA) is 32.3 Å². The molecule has 3 aromatic rings. The molecule has 3 heteroatoms. The highest BCUT2D eigenvalue weighted by atomic mass is 16.1. The molecular formula is C25H28N2O. The Morgan fingerprint density at radius 3 is 2.36 bits per heavy atom. The van der Waals surface area contributed by atoms with Gasteiger partial charge in [-0.25, -0.2) is 0 Å². The van der Waals surface area contributed by atoms with Gasteiger partial charge in [-0.1, -0.05) is 73.2 Å². The van der Waals surface area contributed by atoms with Crippen LogP contribution in [0, 0.1) is 0 Å². The molecule has 3 nitrogen and oxygen atoms in total. The smallest absolute Gasteiger partial charge is 0.224 e. The third-order valence-corrected chi connectivity index (χ3v) is 5.62. The molecule has 1 N–H and O–H groups in total. The van der Waals surface area contributed by atoms with Gasteiger partial charge >= 0.3 is 0 Å². The number of piperidine rings is 1. The van der Waals surface area contributed by atoms with Gasteiger partial charge in [0.1, 0.15) is 0 Å². The predicted octanol–water partition coefficient (Wildman–Crippen LogP) is 4.68. The molecule has 28 heavy (non-hydrogen) atoms. The van der Waals surface area contributed by atoms with Gasteiger partial charge in [-0.05, 0) is 53.4 Å². The van der Waals surface area contributed by atoms with Crippen molar-refractivity contribution in [3.63, 3.8) is 0 Å². The van der Waals surface area contributed by atoms with Crippen molar-refractivity contribution in [3.8, 4) is 0 Å². The SMILES string of the molecule is O=C(Cc1ccc2ccccc2c1)NCc1ccccc1CN1CCCCC1. The molecule has 0 saturated carbocycles. The second-order valence-electron chi connectivity index (χ2n) is 7.74. The largest absolute Gasteiger partial charge is 0.352 e. The molecule has 0 spiro atoms. The van der Waals surface area contributed by atoms with E-state index in [0.29, 0.717) is 13.0 Å². The Morgan fingerprint density at radius 1 is 0.821 bits per heavy atom. The van der Waals surface area contributed by atoms with E-state index in [2.05, 4.69) is 58.7 Å². The van der Waals surface area contributed by atoms with Crippen LogP contribution < -0.4 is 5.32 Å². The molecule has 1 saturated heterocycles. The summed E-state index contributed by atoms with van der Waals surface area (Å²) in [5.41, 5.74) is 3.60. The van der Waals surface area contributed by atoms with Crippen LogP contribution in [0.2, 0.25) is 0 Å². The van der Waals surface area contributed by atoms with Gasteiger partial charge in [0.05, 0.1) is 6.42 Å². The van der Waals surface area contributed by atoms with Crippen LogP contribution in [0.5, 0.6) is 0 Å². The number of hydrogen-bond acceptors (Lipinski definition) is 2. The minimum atomic E-state index is 0.0723. The number of benzene rings is 3. The van der Waals surface area contributed by atoms with Crippen LogP contribution in [0.1, 0.15) is 36.0 Å². The molecule has 1 fully saturated rings. The van der Waals surface area contributed by atoms with Gasteiger partial charge in [0.25, 0.3) is 0 Å². The molecule has 0 unspecified atom stereocenters. The number of nitrogens with zero attached hydrogens (tertiary/aromatic N) is 1.